The van der Waals surface area contributed by atoms with Crippen molar-refractivity contribution in [3.63, 3.8) is 0 Å². The van der Waals surface area contributed by atoms with Crippen LogP contribution in [0.4, 0.5) is 0 Å². The van der Waals surface area contributed by atoms with Gasteiger partial charge in [-0.15, -0.1) is 0 Å². The maximum atomic E-state index is 13.6. The smallest absolute Gasteiger partial charge is 0.336 e. The summed E-state index contributed by atoms with van der Waals surface area (Å²) in [6, 6.07) is 31.4. The van der Waals surface area contributed by atoms with Crippen molar-refractivity contribution in [2.24, 2.45) is 0 Å². The summed E-state index contributed by atoms with van der Waals surface area (Å²) in [5.74, 6) is -1.91. The number of pyridine rings is 1. The van der Waals surface area contributed by atoms with Crippen molar-refractivity contribution in [1.82, 2.24) is 15.2 Å². The Kier molecular flexibility index (Phi) is 10.8. The number of carboxylic acid groups (broad SMARTS) is 1. The highest BCUT2D eigenvalue weighted by molar-refractivity contribution is 6.31. The molecule has 0 aliphatic heterocycles. The van der Waals surface area contributed by atoms with Gasteiger partial charge in [0.15, 0.2) is 0 Å². The largest absolute Gasteiger partial charge is 0.478 e. The van der Waals surface area contributed by atoms with Crippen molar-refractivity contribution in [3.8, 4) is 0 Å². The molecule has 5 aromatic rings. The van der Waals surface area contributed by atoms with Gasteiger partial charge in [-0.2, -0.15) is 0 Å². The lowest BCUT2D eigenvalue weighted by Gasteiger charge is -2.25. The number of fused-ring (bicyclic) bond motifs is 1. The third-order valence-corrected chi connectivity index (χ3v) is 8.41. The number of halogens is 1. The van der Waals surface area contributed by atoms with E-state index < -0.39 is 11.9 Å². The van der Waals surface area contributed by atoms with E-state index in [-0.39, 0.29) is 29.5 Å². The molecule has 2 N–H and O–H groups in total. The topological polar surface area (TPSA) is 99.6 Å². The summed E-state index contributed by atoms with van der Waals surface area (Å²) in [5, 5.41) is 14.1. The molecule has 0 radical (unpaired) electrons. The Morgan fingerprint density at radius 1 is 0.830 bits per heavy atom. The molecule has 0 aliphatic rings. The van der Waals surface area contributed by atoms with Crippen LogP contribution in [0.5, 0.6) is 0 Å². The molecule has 238 valence electrons. The standard InChI is InChI=1S/C39H36ClN3O4/c1-3-43(4-2)38(45)34-14-7-5-12-32(34)31(22-23-41-37(44)33-13-6-8-15-35(33)39(46)47)28-11-9-10-26(24-28)16-20-30-21-18-27-17-19-29(40)25-36(27)42-30/h5-21,24-25,31H,3-4,22-23H2,1-2H3,(H,41,44)(H,46,47). The van der Waals surface area contributed by atoms with Crippen molar-refractivity contribution in [2.45, 2.75) is 26.2 Å². The maximum absolute atomic E-state index is 13.6. The number of nitrogens with one attached hydrogen (secondary N) is 1. The number of carboxylic acids is 1. The molecule has 0 aliphatic carbocycles. The van der Waals surface area contributed by atoms with Crippen LogP contribution in [0.15, 0.2) is 103 Å². The molecule has 4 aromatic carbocycles. The lowest BCUT2D eigenvalue weighted by Crippen LogP contribution is -2.32. The minimum atomic E-state index is -1.16. The summed E-state index contributed by atoms with van der Waals surface area (Å²) in [6.45, 7) is 5.35. The lowest BCUT2D eigenvalue weighted by molar-refractivity contribution is 0.0690. The average Bonchev–Trinajstić information content (AvgIpc) is 3.09. The molecular formula is C39H36ClN3O4. The van der Waals surface area contributed by atoms with Crippen LogP contribution in [0.1, 0.15) is 79.6 Å². The Bertz CT molecular complexity index is 1950. The number of amides is 2. The highest BCUT2D eigenvalue weighted by atomic mass is 35.5. The molecule has 1 unspecified atom stereocenters. The van der Waals surface area contributed by atoms with E-state index in [9.17, 15) is 19.5 Å². The van der Waals surface area contributed by atoms with Crippen LogP contribution in [0.2, 0.25) is 5.02 Å². The monoisotopic (exact) mass is 645 g/mol. The predicted molar refractivity (Wildman–Crippen MR) is 188 cm³/mol. The first-order valence-electron chi connectivity index (χ1n) is 15.6. The summed E-state index contributed by atoms with van der Waals surface area (Å²) >= 11 is 6.18. The summed E-state index contributed by atoms with van der Waals surface area (Å²) in [5.41, 5.74) is 5.06. The zero-order valence-electron chi connectivity index (χ0n) is 26.3. The zero-order valence-corrected chi connectivity index (χ0v) is 27.1. The molecule has 5 rings (SSSR count). The second-order valence-corrected chi connectivity index (χ2v) is 11.5. The fourth-order valence-electron chi connectivity index (χ4n) is 5.73. The zero-order chi connectivity index (χ0) is 33.3. The molecule has 7 nitrogen and oxygen atoms in total. The molecule has 2 amide bonds. The molecule has 0 bridgehead atoms. The van der Waals surface area contributed by atoms with Crippen LogP contribution in [0, 0.1) is 0 Å². The SMILES string of the molecule is CCN(CC)C(=O)c1ccccc1C(CCNC(=O)c1ccccc1C(=O)O)c1cccc(C=Cc2ccc3ccc(Cl)cc3n2)c1. The van der Waals surface area contributed by atoms with Gasteiger partial charge >= 0.3 is 5.97 Å². The minimum absolute atomic E-state index is 0.0476. The Hall–Kier alpha value is -5.27. The lowest BCUT2D eigenvalue weighted by atomic mass is 9.84. The van der Waals surface area contributed by atoms with E-state index in [1.54, 1.807) is 17.0 Å². The second kappa shape index (κ2) is 15.3. The van der Waals surface area contributed by atoms with Gasteiger partial charge in [0.2, 0.25) is 0 Å². The summed E-state index contributed by atoms with van der Waals surface area (Å²) in [7, 11) is 0. The first kappa shape index (κ1) is 33.1. The van der Waals surface area contributed by atoms with Crippen molar-refractivity contribution in [3.05, 3.63) is 147 Å². The first-order valence-corrected chi connectivity index (χ1v) is 16.0. The van der Waals surface area contributed by atoms with Gasteiger partial charge in [-0.1, -0.05) is 84.4 Å². The van der Waals surface area contributed by atoms with E-state index in [1.165, 1.54) is 12.1 Å². The molecule has 1 heterocycles. The van der Waals surface area contributed by atoms with Crippen LogP contribution >= 0.6 is 11.6 Å². The number of rotatable bonds is 12. The Balaban J connectivity index is 1.46. The van der Waals surface area contributed by atoms with Gasteiger partial charge in [0.05, 0.1) is 22.3 Å². The van der Waals surface area contributed by atoms with Crippen LogP contribution in [-0.4, -0.2) is 52.4 Å². The second-order valence-electron chi connectivity index (χ2n) is 11.1. The van der Waals surface area contributed by atoms with E-state index in [2.05, 4.69) is 11.4 Å². The molecule has 1 aromatic heterocycles. The van der Waals surface area contributed by atoms with Crippen molar-refractivity contribution in [2.75, 3.05) is 19.6 Å². The third kappa shape index (κ3) is 7.94. The Morgan fingerprint density at radius 2 is 1.53 bits per heavy atom. The Morgan fingerprint density at radius 3 is 2.28 bits per heavy atom. The van der Waals surface area contributed by atoms with Gasteiger partial charge in [-0.3, -0.25) is 9.59 Å². The van der Waals surface area contributed by atoms with Gasteiger partial charge in [-0.25, -0.2) is 9.78 Å². The van der Waals surface area contributed by atoms with Gasteiger partial charge in [0.1, 0.15) is 0 Å². The quantitative estimate of drug-likeness (QED) is 0.143. The number of aromatic nitrogens is 1. The average molecular weight is 646 g/mol. The number of aromatic carboxylic acids is 1. The van der Waals surface area contributed by atoms with Gasteiger partial charge in [-0.05, 0) is 79.4 Å². The number of hydrogen-bond donors (Lipinski definition) is 2. The molecule has 0 saturated carbocycles. The fourth-order valence-corrected chi connectivity index (χ4v) is 5.90. The van der Waals surface area contributed by atoms with Gasteiger partial charge in [0.25, 0.3) is 11.8 Å². The number of nitrogens with zero attached hydrogens (tertiary/aromatic N) is 2. The van der Waals surface area contributed by atoms with Crippen LogP contribution in [-0.2, 0) is 0 Å². The van der Waals surface area contributed by atoms with Crippen molar-refractivity contribution >= 4 is 52.4 Å². The third-order valence-electron chi connectivity index (χ3n) is 8.17. The number of carbonyl (C=O) groups excluding carboxylic acids is 2. The van der Waals surface area contributed by atoms with E-state index in [0.29, 0.717) is 30.1 Å². The van der Waals surface area contributed by atoms with Crippen molar-refractivity contribution < 1.29 is 19.5 Å². The van der Waals surface area contributed by atoms with E-state index in [4.69, 9.17) is 16.6 Å². The molecule has 0 fully saturated rings. The van der Waals surface area contributed by atoms with Gasteiger partial charge in [0, 0.05) is 41.5 Å². The van der Waals surface area contributed by atoms with E-state index in [0.717, 1.165) is 33.3 Å². The predicted octanol–water partition coefficient (Wildman–Crippen LogP) is 8.19. The summed E-state index contributed by atoms with van der Waals surface area (Å²) in [4.78, 5) is 45.0. The van der Waals surface area contributed by atoms with Crippen molar-refractivity contribution in [1.29, 1.82) is 0 Å². The van der Waals surface area contributed by atoms with Gasteiger partial charge < -0.3 is 15.3 Å². The van der Waals surface area contributed by atoms with Crippen LogP contribution in [0.25, 0.3) is 23.1 Å². The highest BCUT2D eigenvalue weighted by Gasteiger charge is 2.24. The van der Waals surface area contributed by atoms with E-state index >= 15 is 0 Å². The number of hydrogen-bond acceptors (Lipinski definition) is 4. The molecule has 47 heavy (non-hydrogen) atoms. The highest BCUT2D eigenvalue weighted by Crippen LogP contribution is 2.32. The maximum Gasteiger partial charge on any atom is 0.336 e. The summed E-state index contributed by atoms with van der Waals surface area (Å²) < 4.78 is 0. The minimum Gasteiger partial charge on any atom is -0.478 e. The molecule has 0 spiro atoms. The van der Waals surface area contributed by atoms with E-state index in [1.807, 2.05) is 98.8 Å². The van der Waals surface area contributed by atoms with Crippen LogP contribution < -0.4 is 5.32 Å². The fraction of sp³-hybridized carbons (Fsp3) is 0.179. The summed E-state index contributed by atoms with van der Waals surface area (Å²) in [6.07, 6.45) is 4.42. The van der Waals surface area contributed by atoms with Crippen LogP contribution in [0.3, 0.4) is 0 Å². The number of carbonyl (C=O) groups is 3. The normalized spacial score (nSPS) is 11.8. The molecular weight excluding hydrogens is 610 g/mol. The Labute approximate surface area is 279 Å². The number of benzene rings is 4. The first-order chi connectivity index (χ1) is 22.8. The molecule has 0 saturated heterocycles. The molecule has 1 atom stereocenters. The molecule has 8 heteroatoms.